The van der Waals surface area contributed by atoms with Crippen LogP contribution in [0.3, 0.4) is 0 Å². The molecular weight excluding hydrogens is 453 g/mol. The Hall–Kier alpha value is -3.54. The van der Waals surface area contributed by atoms with Gasteiger partial charge in [-0.05, 0) is 61.8 Å². The van der Waals surface area contributed by atoms with Crippen molar-refractivity contribution >= 4 is 5.97 Å². The van der Waals surface area contributed by atoms with E-state index in [0.717, 1.165) is 11.6 Å². The Labute approximate surface area is 203 Å². The Bertz CT molecular complexity index is 1210. The minimum atomic E-state index is -0.851. The van der Waals surface area contributed by atoms with Gasteiger partial charge in [0.2, 0.25) is 0 Å². The number of hydrogen-bond acceptors (Lipinski definition) is 3. The van der Waals surface area contributed by atoms with Crippen LogP contribution in [0.25, 0.3) is 11.1 Å². The molecular formula is C29H27F3O3. The Balaban J connectivity index is 1.38. The fraction of sp³-hybridized carbons (Fsp3) is 0.276. The normalized spacial score (nSPS) is 17.6. The predicted molar refractivity (Wildman–Crippen MR) is 129 cm³/mol. The highest BCUT2D eigenvalue weighted by atomic mass is 19.2. The summed E-state index contributed by atoms with van der Waals surface area (Å²) in [6.07, 6.45) is 3.17. The minimum Gasteiger partial charge on any atom is -0.489 e. The molecule has 3 nitrogen and oxygen atoms in total. The monoisotopic (exact) mass is 480 g/mol. The Kier molecular flexibility index (Phi) is 7.59. The smallest absolute Gasteiger partial charge is 0.341 e. The zero-order chi connectivity index (χ0) is 24.9. The van der Waals surface area contributed by atoms with E-state index in [-0.39, 0.29) is 23.7 Å². The number of aryl methyl sites for hydroxylation is 1. The van der Waals surface area contributed by atoms with Gasteiger partial charge in [0, 0.05) is 11.6 Å². The number of esters is 1. The van der Waals surface area contributed by atoms with Crippen LogP contribution in [0.2, 0.25) is 0 Å². The maximum Gasteiger partial charge on any atom is 0.341 e. The second kappa shape index (κ2) is 10.8. The van der Waals surface area contributed by atoms with E-state index in [0.29, 0.717) is 42.6 Å². The van der Waals surface area contributed by atoms with E-state index in [4.69, 9.17) is 9.47 Å². The molecule has 0 unspecified atom stereocenters. The molecule has 0 bridgehead atoms. The van der Waals surface area contributed by atoms with Gasteiger partial charge in [0.25, 0.3) is 0 Å². The van der Waals surface area contributed by atoms with E-state index in [2.05, 4.69) is 6.58 Å². The number of hydrogen-bond donors (Lipinski definition) is 0. The molecule has 1 fully saturated rings. The lowest BCUT2D eigenvalue weighted by atomic mass is 9.82. The first-order valence-corrected chi connectivity index (χ1v) is 11.7. The van der Waals surface area contributed by atoms with Gasteiger partial charge in [-0.1, -0.05) is 54.6 Å². The molecule has 0 amide bonds. The van der Waals surface area contributed by atoms with Gasteiger partial charge in [-0.2, -0.15) is 0 Å². The maximum atomic E-state index is 15.0. The first kappa shape index (κ1) is 24.6. The standard InChI is InChI=1S/C29H27F3O3/c1-3-16-34-22-12-13-25(26(30)17-22)29(33)35-21-10-8-20(9-11-21)24-15-14-23(27(31)28(24)32)19-6-4-18(2)5-7-19/h3-7,12-15,17,20-21H,1,8-11,16H2,2H3. The fourth-order valence-corrected chi connectivity index (χ4v) is 4.45. The molecule has 182 valence electrons. The highest BCUT2D eigenvalue weighted by Gasteiger charge is 2.29. The van der Waals surface area contributed by atoms with Crippen molar-refractivity contribution in [3.05, 3.63) is 101 Å². The third kappa shape index (κ3) is 5.59. The molecule has 3 aromatic rings. The van der Waals surface area contributed by atoms with Crippen molar-refractivity contribution in [3.63, 3.8) is 0 Å². The third-order valence-corrected chi connectivity index (χ3v) is 6.39. The molecule has 1 aliphatic rings. The van der Waals surface area contributed by atoms with Crippen molar-refractivity contribution in [3.8, 4) is 16.9 Å². The van der Waals surface area contributed by atoms with Crippen LogP contribution in [-0.4, -0.2) is 18.7 Å². The van der Waals surface area contributed by atoms with Crippen LogP contribution in [0.1, 0.15) is 53.1 Å². The summed E-state index contributed by atoms with van der Waals surface area (Å²) in [5.41, 5.74) is 2.07. The van der Waals surface area contributed by atoms with Gasteiger partial charge in [-0.3, -0.25) is 0 Å². The van der Waals surface area contributed by atoms with E-state index in [1.807, 2.05) is 19.1 Å². The largest absolute Gasteiger partial charge is 0.489 e. The molecule has 35 heavy (non-hydrogen) atoms. The van der Waals surface area contributed by atoms with Crippen molar-refractivity contribution in [1.29, 1.82) is 0 Å². The minimum absolute atomic E-state index is 0.169. The average Bonchev–Trinajstić information content (AvgIpc) is 2.85. The molecule has 1 saturated carbocycles. The first-order valence-electron chi connectivity index (χ1n) is 11.7. The van der Waals surface area contributed by atoms with Crippen LogP contribution in [0, 0.1) is 24.4 Å². The molecule has 0 heterocycles. The van der Waals surface area contributed by atoms with Crippen molar-refractivity contribution < 1.29 is 27.4 Å². The number of halogens is 3. The number of carbonyl (C=O) groups excluding carboxylic acids is 1. The highest BCUT2D eigenvalue weighted by Crippen LogP contribution is 2.38. The number of benzene rings is 3. The summed E-state index contributed by atoms with van der Waals surface area (Å²) in [5, 5.41) is 0. The van der Waals surface area contributed by atoms with E-state index in [9.17, 15) is 18.0 Å². The van der Waals surface area contributed by atoms with Crippen LogP contribution >= 0.6 is 0 Å². The van der Waals surface area contributed by atoms with Crippen LogP contribution in [0.15, 0.2) is 67.3 Å². The van der Waals surface area contributed by atoms with E-state index >= 15 is 0 Å². The zero-order valence-electron chi connectivity index (χ0n) is 19.5. The lowest BCUT2D eigenvalue weighted by Gasteiger charge is -2.29. The van der Waals surface area contributed by atoms with Crippen molar-refractivity contribution in [2.45, 2.75) is 44.6 Å². The highest BCUT2D eigenvalue weighted by molar-refractivity contribution is 5.90. The van der Waals surface area contributed by atoms with Gasteiger partial charge >= 0.3 is 5.97 Å². The van der Waals surface area contributed by atoms with E-state index in [1.54, 1.807) is 24.3 Å². The topological polar surface area (TPSA) is 35.5 Å². The molecule has 0 aromatic heterocycles. The molecule has 0 saturated heterocycles. The van der Waals surface area contributed by atoms with Gasteiger partial charge in [0.1, 0.15) is 24.3 Å². The second-order valence-electron chi connectivity index (χ2n) is 8.82. The SMILES string of the molecule is C=CCOc1ccc(C(=O)OC2CCC(c3ccc(-c4ccc(C)cc4)c(F)c3F)CC2)c(F)c1. The van der Waals surface area contributed by atoms with Crippen LogP contribution in [-0.2, 0) is 4.74 Å². The van der Waals surface area contributed by atoms with Gasteiger partial charge in [-0.25, -0.2) is 18.0 Å². The molecule has 4 rings (SSSR count). The summed E-state index contributed by atoms with van der Waals surface area (Å²) in [4.78, 5) is 12.5. The van der Waals surface area contributed by atoms with E-state index in [1.165, 1.54) is 18.2 Å². The van der Waals surface area contributed by atoms with Crippen LogP contribution in [0.4, 0.5) is 13.2 Å². The van der Waals surface area contributed by atoms with Gasteiger partial charge in [0.05, 0.1) is 5.56 Å². The Morgan fingerprint density at radius 2 is 1.69 bits per heavy atom. The molecule has 0 N–H and O–H groups in total. The molecule has 0 aliphatic heterocycles. The van der Waals surface area contributed by atoms with Crippen LogP contribution < -0.4 is 4.74 Å². The molecule has 0 atom stereocenters. The third-order valence-electron chi connectivity index (χ3n) is 6.39. The summed E-state index contributed by atoms with van der Waals surface area (Å²) in [5.74, 6) is -3.04. The van der Waals surface area contributed by atoms with Crippen molar-refractivity contribution in [2.24, 2.45) is 0 Å². The van der Waals surface area contributed by atoms with Gasteiger partial charge in [0.15, 0.2) is 11.6 Å². The summed E-state index contributed by atoms with van der Waals surface area (Å²) < 4.78 is 55.0. The molecule has 3 aromatic carbocycles. The number of rotatable bonds is 7. The summed E-state index contributed by atoms with van der Waals surface area (Å²) in [7, 11) is 0. The fourth-order valence-electron chi connectivity index (χ4n) is 4.45. The molecule has 0 radical (unpaired) electrons. The number of ether oxygens (including phenoxy) is 2. The average molecular weight is 481 g/mol. The predicted octanol–water partition coefficient (Wildman–Crippen LogP) is 7.53. The summed E-state index contributed by atoms with van der Waals surface area (Å²) >= 11 is 0. The van der Waals surface area contributed by atoms with Gasteiger partial charge < -0.3 is 9.47 Å². The molecule has 1 aliphatic carbocycles. The van der Waals surface area contributed by atoms with Crippen molar-refractivity contribution in [2.75, 3.05) is 6.61 Å². The molecule has 0 spiro atoms. The van der Waals surface area contributed by atoms with Crippen molar-refractivity contribution in [1.82, 2.24) is 0 Å². The zero-order valence-corrected chi connectivity index (χ0v) is 19.5. The lowest BCUT2D eigenvalue weighted by Crippen LogP contribution is -2.24. The Morgan fingerprint density at radius 3 is 2.34 bits per heavy atom. The molecule has 6 heteroatoms. The first-order chi connectivity index (χ1) is 16.9. The summed E-state index contributed by atoms with van der Waals surface area (Å²) in [6, 6.07) is 14.5. The van der Waals surface area contributed by atoms with Crippen LogP contribution in [0.5, 0.6) is 5.75 Å². The quantitative estimate of drug-likeness (QED) is 0.259. The Morgan fingerprint density at radius 1 is 0.971 bits per heavy atom. The number of carbonyl (C=O) groups is 1. The maximum absolute atomic E-state index is 15.0. The lowest BCUT2D eigenvalue weighted by molar-refractivity contribution is 0.0189. The van der Waals surface area contributed by atoms with E-state index < -0.39 is 29.5 Å². The summed E-state index contributed by atoms with van der Waals surface area (Å²) in [6.45, 7) is 5.69. The van der Waals surface area contributed by atoms with Gasteiger partial charge in [-0.15, -0.1) is 0 Å². The second-order valence-corrected chi connectivity index (χ2v) is 8.82.